The minimum Gasteiger partial charge on any atom is -0.469 e. The molecule has 100 valence electrons. The van der Waals surface area contributed by atoms with E-state index < -0.39 is 12.3 Å². The summed E-state index contributed by atoms with van der Waals surface area (Å²) in [6.45, 7) is 1.81. The van der Waals surface area contributed by atoms with Crippen LogP contribution in [0.25, 0.3) is 0 Å². The maximum absolute atomic E-state index is 12.2. The molecular weight excluding hydrogens is 249 g/mol. The third kappa shape index (κ3) is 4.27. The monoisotopic (exact) mass is 262 g/mol. The Balaban J connectivity index is 3.04. The number of benzene rings is 1. The zero-order valence-electron chi connectivity index (χ0n) is 10.0. The van der Waals surface area contributed by atoms with Crippen molar-refractivity contribution in [1.29, 1.82) is 0 Å². The van der Waals surface area contributed by atoms with Gasteiger partial charge in [-0.05, 0) is 18.1 Å². The fraction of sp³-hybridized carbons (Fsp3) is 0.417. The molecule has 0 aliphatic rings. The maximum atomic E-state index is 12.2. The van der Waals surface area contributed by atoms with Gasteiger partial charge in [0.05, 0.1) is 13.5 Å². The molecule has 0 atom stereocenters. The fourth-order valence-corrected chi connectivity index (χ4v) is 1.41. The average molecular weight is 262 g/mol. The van der Waals surface area contributed by atoms with Crippen molar-refractivity contribution >= 4 is 5.97 Å². The molecule has 0 aliphatic heterocycles. The summed E-state index contributed by atoms with van der Waals surface area (Å²) in [5.41, 5.74) is 0.847. The van der Waals surface area contributed by atoms with E-state index in [4.69, 9.17) is 0 Å². The lowest BCUT2D eigenvalue weighted by Gasteiger charge is -2.14. The second-order valence-corrected chi connectivity index (χ2v) is 3.60. The van der Waals surface area contributed by atoms with Gasteiger partial charge in [-0.3, -0.25) is 4.79 Å². The number of carbonyl (C=O) groups excluding carboxylic acids is 1. The maximum Gasteiger partial charge on any atom is 0.573 e. The van der Waals surface area contributed by atoms with Gasteiger partial charge in [-0.2, -0.15) is 0 Å². The van der Waals surface area contributed by atoms with E-state index in [9.17, 15) is 18.0 Å². The van der Waals surface area contributed by atoms with Crippen LogP contribution in [-0.4, -0.2) is 19.4 Å². The summed E-state index contributed by atoms with van der Waals surface area (Å²) in [6, 6.07) is 4.38. The predicted molar refractivity (Wildman–Crippen MR) is 58.2 cm³/mol. The number of hydrogen-bond donors (Lipinski definition) is 0. The fourth-order valence-electron chi connectivity index (χ4n) is 1.41. The van der Waals surface area contributed by atoms with Gasteiger partial charge in [-0.25, -0.2) is 0 Å². The Kier molecular flexibility index (Phi) is 4.58. The van der Waals surface area contributed by atoms with E-state index in [2.05, 4.69) is 9.47 Å². The van der Waals surface area contributed by atoms with Crippen molar-refractivity contribution in [3.05, 3.63) is 29.3 Å². The highest BCUT2D eigenvalue weighted by molar-refractivity contribution is 5.73. The summed E-state index contributed by atoms with van der Waals surface area (Å²) >= 11 is 0. The van der Waals surface area contributed by atoms with E-state index in [1.807, 2.05) is 6.92 Å². The Bertz CT molecular complexity index is 427. The largest absolute Gasteiger partial charge is 0.573 e. The summed E-state index contributed by atoms with van der Waals surface area (Å²) in [5.74, 6) is -0.974. The number of esters is 1. The van der Waals surface area contributed by atoms with Crippen LogP contribution in [0, 0.1) is 0 Å². The topological polar surface area (TPSA) is 35.5 Å². The third-order valence-corrected chi connectivity index (χ3v) is 2.33. The molecule has 0 aromatic heterocycles. The molecule has 0 N–H and O–H groups in total. The molecule has 18 heavy (non-hydrogen) atoms. The van der Waals surface area contributed by atoms with Gasteiger partial charge in [0.1, 0.15) is 5.75 Å². The zero-order valence-corrected chi connectivity index (χ0v) is 10.0. The first kappa shape index (κ1) is 14.3. The summed E-state index contributed by atoms with van der Waals surface area (Å²) in [5, 5.41) is 0. The van der Waals surface area contributed by atoms with Crippen LogP contribution in [0.4, 0.5) is 13.2 Å². The predicted octanol–water partition coefficient (Wildman–Crippen LogP) is 2.86. The first-order valence-electron chi connectivity index (χ1n) is 5.30. The molecule has 6 heteroatoms. The van der Waals surface area contributed by atoms with Crippen LogP contribution in [0.15, 0.2) is 18.2 Å². The van der Waals surface area contributed by atoms with Crippen LogP contribution in [0.2, 0.25) is 0 Å². The lowest BCUT2D eigenvalue weighted by atomic mass is 10.1. The molecule has 0 bridgehead atoms. The van der Waals surface area contributed by atoms with Gasteiger partial charge >= 0.3 is 12.3 Å². The normalized spacial score (nSPS) is 11.2. The summed E-state index contributed by atoms with van der Waals surface area (Å²) in [7, 11) is 1.17. The number of rotatable bonds is 4. The SMILES string of the molecule is CCc1ccc(CC(=O)OC)c(OC(F)(F)F)c1. The van der Waals surface area contributed by atoms with Gasteiger partial charge < -0.3 is 9.47 Å². The molecule has 0 aliphatic carbocycles. The van der Waals surface area contributed by atoms with E-state index in [-0.39, 0.29) is 17.7 Å². The summed E-state index contributed by atoms with van der Waals surface area (Å²) in [4.78, 5) is 11.1. The van der Waals surface area contributed by atoms with Gasteiger partial charge in [0.15, 0.2) is 0 Å². The quantitative estimate of drug-likeness (QED) is 0.783. The second kappa shape index (κ2) is 5.75. The first-order valence-corrected chi connectivity index (χ1v) is 5.30. The van der Waals surface area contributed by atoms with Gasteiger partial charge in [0.25, 0.3) is 0 Å². The number of alkyl halides is 3. The molecule has 0 spiro atoms. The molecule has 0 unspecified atom stereocenters. The van der Waals surface area contributed by atoms with Crippen molar-refractivity contribution in [2.24, 2.45) is 0 Å². The van der Waals surface area contributed by atoms with Crippen molar-refractivity contribution in [2.45, 2.75) is 26.1 Å². The second-order valence-electron chi connectivity index (χ2n) is 3.60. The molecular formula is C12H13F3O3. The molecule has 0 fully saturated rings. The lowest BCUT2D eigenvalue weighted by molar-refractivity contribution is -0.275. The lowest BCUT2D eigenvalue weighted by Crippen LogP contribution is -2.19. The van der Waals surface area contributed by atoms with Crippen LogP contribution < -0.4 is 4.74 Å². The number of halogens is 3. The van der Waals surface area contributed by atoms with Crippen LogP contribution >= 0.6 is 0 Å². The first-order chi connectivity index (χ1) is 8.35. The van der Waals surface area contributed by atoms with Crippen molar-refractivity contribution < 1.29 is 27.4 Å². The van der Waals surface area contributed by atoms with Crippen molar-refractivity contribution in [1.82, 2.24) is 0 Å². The highest BCUT2D eigenvalue weighted by atomic mass is 19.4. The third-order valence-electron chi connectivity index (χ3n) is 2.33. The van der Waals surface area contributed by atoms with Crippen LogP contribution in [0.5, 0.6) is 5.75 Å². The molecule has 3 nitrogen and oxygen atoms in total. The molecule has 0 saturated heterocycles. The molecule has 0 heterocycles. The van der Waals surface area contributed by atoms with Crippen LogP contribution in [0.1, 0.15) is 18.1 Å². The van der Waals surface area contributed by atoms with Crippen LogP contribution in [0.3, 0.4) is 0 Å². The van der Waals surface area contributed by atoms with E-state index in [0.717, 1.165) is 0 Å². The number of carbonyl (C=O) groups is 1. The Hall–Kier alpha value is -1.72. The average Bonchev–Trinajstić information content (AvgIpc) is 2.29. The van der Waals surface area contributed by atoms with Gasteiger partial charge in [-0.15, -0.1) is 13.2 Å². The smallest absolute Gasteiger partial charge is 0.469 e. The molecule has 1 aromatic carbocycles. The summed E-state index contributed by atoms with van der Waals surface area (Å²) < 4.78 is 45.0. The summed E-state index contributed by atoms with van der Waals surface area (Å²) in [6.07, 6.45) is -4.46. The van der Waals surface area contributed by atoms with E-state index in [0.29, 0.717) is 12.0 Å². The van der Waals surface area contributed by atoms with Gasteiger partial charge in [0.2, 0.25) is 0 Å². The van der Waals surface area contributed by atoms with Gasteiger partial charge in [-0.1, -0.05) is 19.1 Å². The number of methoxy groups -OCH3 is 1. The molecule has 1 rings (SSSR count). The highest BCUT2D eigenvalue weighted by Gasteiger charge is 2.32. The molecule has 1 aromatic rings. The molecule has 0 saturated carbocycles. The minimum absolute atomic E-state index is 0.149. The highest BCUT2D eigenvalue weighted by Crippen LogP contribution is 2.28. The number of hydrogen-bond acceptors (Lipinski definition) is 3. The van der Waals surface area contributed by atoms with E-state index in [1.54, 1.807) is 6.07 Å². The Labute approximate surface area is 103 Å². The van der Waals surface area contributed by atoms with E-state index >= 15 is 0 Å². The van der Waals surface area contributed by atoms with Gasteiger partial charge in [0, 0.05) is 5.56 Å². The van der Waals surface area contributed by atoms with E-state index in [1.165, 1.54) is 19.2 Å². The minimum atomic E-state index is -4.78. The molecule has 0 radical (unpaired) electrons. The van der Waals surface area contributed by atoms with Crippen molar-refractivity contribution in [2.75, 3.05) is 7.11 Å². The molecule has 0 amide bonds. The standard InChI is InChI=1S/C12H13F3O3/c1-3-8-4-5-9(7-11(16)17-2)10(6-8)18-12(13,14)15/h4-6H,3,7H2,1-2H3. The van der Waals surface area contributed by atoms with Crippen molar-refractivity contribution in [3.8, 4) is 5.75 Å². The number of ether oxygens (including phenoxy) is 2. The number of aryl methyl sites for hydroxylation is 1. The Morgan fingerprint density at radius 1 is 1.33 bits per heavy atom. The van der Waals surface area contributed by atoms with Crippen LogP contribution in [-0.2, 0) is 22.4 Å². The van der Waals surface area contributed by atoms with Crippen molar-refractivity contribution in [3.63, 3.8) is 0 Å². The Morgan fingerprint density at radius 3 is 2.50 bits per heavy atom. The Morgan fingerprint density at radius 2 is 2.00 bits per heavy atom. The zero-order chi connectivity index (χ0) is 13.8.